The van der Waals surface area contributed by atoms with E-state index in [9.17, 15) is 21.8 Å². The summed E-state index contributed by atoms with van der Waals surface area (Å²) in [5, 5.41) is 3.05. The van der Waals surface area contributed by atoms with Gasteiger partial charge >= 0.3 is 5.25 Å². The lowest BCUT2D eigenvalue weighted by molar-refractivity contribution is 0.0179. The fourth-order valence-electron chi connectivity index (χ4n) is 0.0791. The highest BCUT2D eigenvalue weighted by Crippen LogP contribution is 2.18. The van der Waals surface area contributed by atoms with Gasteiger partial charge in [0.1, 0.15) is 6.61 Å². The lowest BCUT2D eigenvalue weighted by Crippen LogP contribution is -2.32. The number of aliphatic hydroxyl groups excluding tert-OH is 1. The van der Waals surface area contributed by atoms with Gasteiger partial charge < -0.3 is 9.66 Å². The number of rotatable bonds is 2. The zero-order valence-electron chi connectivity index (χ0n) is 5.04. The molecule has 0 saturated heterocycles. The van der Waals surface area contributed by atoms with Crippen molar-refractivity contribution < 1.29 is 26.9 Å². The highest BCUT2D eigenvalue weighted by Gasteiger charge is 2.36. The summed E-state index contributed by atoms with van der Waals surface area (Å²) in [7, 11) is -5.69. The topological polar surface area (TPSA) is 77.4 Å². The molecule has 0 atom stereocenters. The normalized spacial score (nSPS) is 12.4. The van der Waals surface area contributed by atoms with E-state index < -0.39 is 22.0 Å². The largest absolute Gasteiger partial charge is 0.743 e. The molecule has 1 N–H and O–H groups in total. The van der Waals surface area contributed by atoms with Crippen molar-refractivity contribution >= 4 is 10.1 Å². The molecule has 0 aliphatic rings. The molecular weight excluding hydrogens is 170 g/mol. The zero-order chi connectivity index (χ0) is 7.71. The number of alkyl halides is 2. The maximum Gasteiger partial charge on any atom is 0.356 e. The van der Waals surface area contributed by atoms with Gasteiger partial charge in [-0.25, -0.2) is 8.42 Å². The van der Waals surface area contributed by atoms with Gasteiger partial charge in [0.15, 0.2) is 10.1 Å². The second-order valence-corrected chi connectivity index (χ2v) is 2.76. The van der Waals surface area contributed by atoms with Crippen LogP contribution in [0.3, 0.4) is 0 Å². The number of hydrogen-bond acceptors (Lipinski definition) is 4. The summed E-state index contributed by atoms with van der Waals surface area (Å²) in [5.74, 6) is 0. The average molecular weight is 176 g/mol. The second-order valence-electron chi connectivity index (χ2n) is 1.25. The molecular formula is C3H6F2O4S. The molecule has 0 aliphatic carbocycles. The minimum atomic E-state index is -5.69. The van der Waals surface area contributed by atoms with Gasteiger partial charge in [0, 0.05) is 7.43 Å². The molecule has 7 heteroatoms. The molecule has 0 heterocycles. The molecule has 0 saturated carbocycles. The molecule has 4 nitrogen and oxygen atoms in total. The Hall–Kier alpha value is -0.400. The summed E-state index contributed by atoms with van der Waals surface area (Å²) in [6.07, 6.45) is 0. The SMILES string of the molecule is O=S(=O)([O-])C(F)(F)CO.[CH3+]. The van der Waals surface area contributed by atoms with Crippen LogP contribution in [0.5, 0.6) is 0 Å². The fourth-order valence-corrected chi connectivity index (χ4v) is 0.237. The van der Waals surface area contributed by atoms with E-state index >= 15 is 0 Å². The van der Waals surface area contributed by atoms with Crippen LogP contribution in [0.25, 0.3) is 0 Å². The highest BCUT2D eigenvalue weighted by atomic mass is 32.2. The molecule has 62 valence electrons. The van der Waals surface area contributed by atoms with Crippen molar-refractivity contribution in [3.63, 3.8) is 0 Å². The average Bonchev–Trinajstić information content (AvgIpc) is 1.64. The maximum absolute atomic E-state index is 11.5. The van der Waals surface area contributed by atoms with E-state index in [0.717, 1.165) is 0 Å². The van der Waals surface area contributed by atoms with Crippen LogP contribution in [0, 0.1) is 7.43 Å². The van der Waals surface area contributed by atoms with Crippen LogP contribution < -0.4 is 0 Å². The summed E-state index contributed by atoms with van der Waals surface area (Å²) in [6, 6.07) is 0. The number of hydrogen-bond donors (Lipinski definition) is 1. The smallest absolute Gasteiger partial charge is 0.356 e. The molecule has 0 fully saturated rings. The van der Waals surface area contributed by atoms with Crippen LogP contribution in [0.2, 0.25) is 0 Å². The minimum Gasteiger partial charge on any atom is -0.743 e. The van der Waals surface area contributed by atoms with E-state index in [4.69, 9.17) is 5.11 Å². The molecule has 0 aromatic carbocycles. The Balaban J connectivity index is 0. The van der Waals surface area contributed by atoms with Crippen LogP contribution in [-0.4, -0.2) is 29.9 Å². The van der Waals surface area contributed by atoms with Crippen molar-refractivity contribution in [3.8, 4) is 0 Å². The fraction of sp³-hybridized carbons (Fsp3) is 0.667. The Morgan fingerprint density at radius 1 is 1.50 bits per heavy atom. The van der Waals surface area contributed by atoms with Gasteiger partial charge in [-0.3, -0.25) is 0 Å². The van der Waals surface area contributed by atoms with Gasteiger partial charge in [0.2, 0.25) is 0 Å². The van der Waals surface area contributed by atoms with Crippen LogP contribution >= 0.6 is 0 Å². The standard InChI is InChI=1S/C2H4F2O4S.CH3/c3-2(4,1-5)9(6,7)8;/h5H,1H2,(H,6,7,8);1H3/q;+1/p-1. The van der Waals surface area contributed by atoms with Crippen molar-refractivity contribution in [2.24, 2.45) is 0 Å². The molecule has 10 heavy (non-hydrogen) atoms. The van der Waals surface area contributed by atoms with Gasteiger partial charge in [0.25, 0.3) is 0 Å². The van der Waals surface area contributed by atoms with Crippen LogP contribution in [-0.2, 0) is 10.1 Å². The molecule has 0 aromatic rings. The van der Waals surface area contributed by atoms with Crippen molar-refractivity contribution in [2.75, 3.05) is 6.61 Å². The molecule has 0 aliphatic heterocycles. The predicted molar refractivity (Wildman–Crippen MR) is 28.1 cm³/mol. The lowest BCUT2D eigenvalue weighted by atomic mass is 10.8. The van der Waals surface area contributed by atoms with Crippen LogP contribution in [0.15, 0.2) is 0 Å². The van der Waals surface area contributed by atoms with Crippen molar-refractivity contribution in [2.45, 2.75) is 5.25 Å². The van der Waals surface area contributed by atoms with E-state index in [2.05, 4.69) is 0 Å². The van der Waals surface area contributed by atoms with Gasteiger partial charge in [0.05, 0.1) is 0 Å². The Morgan fingerprint density at radius 3 is 1.80 bits per heavy atom. The predicted octanol–water partition coefficient (Wildman–Crippen LogP) is -0.433. The van der Waals surface area contributed by atoms with E-state index in [1.54, 1.807) is 0 Å². The van der Waals surface area contributed by atoms with E-state index in [1.165, 1.54) is 0 Å². The summed E-state index contributed by atoms with van der Waals surface area (Å²) < 4.78 is 51.3. The quantitative estimate of drug-likeness (QED) is 0.457. The summed E-state index contributed by atoms with van der Waals surface area (Å²) in [4.78, 5) is 0. The van der Waals surface area contributed by atoms with Crippen molar-refractivity contribution in [3.05, 3.63) is 7.43 Å². The first-order chi connectivity index (χ1) is 3.81. The Kier molecular flexibility index (Phi) is 3.85. The Labute approximate surface area is 57.2 Å². The lowest BCUT2D eigenvalue weighted by Gasteiger charge is -2.16. The molecule has 0 bridgehead atoms. The summed E-state index contributed by atoms with van der Waals surface area (Å²) in [5.41, 5.74) is 0. The molecule has 0 rings (SSSR count). The van der Waals surface area contributed by atoms with Gasteiger partial charge in [-0.05, 0) is 0 Å². The maximum atomic E-state index is 11.5. The Bertz CT molecular complexity index is 185. The zero-order valence-corrected chi connectivity index (χ0v) is 5.86. The first-order valence-electron chi connectivity index (χ1n) is 1.75. The second kappa shape index (κ2) is 3.13. The highest BCUT2D eigenvalue weighted by molar-refractivity contribution is 7.86. The number of halogens is 2. The first kappa shape index (κ1) is 12.3. The molecule has 0 aromatic heterocycles. The molecule has 0 unspecified atom stereocenters. The molecule has 0 radical (unpaired) electrons. The Morgan fingerprint density at radius 2 is 1.80 bits per heavy atom. The molecule has 0 spiro atoms. The third kappa shape index (κ3) is 2.46. The van der Waals surface area contributed by atoms with Crippen molar-refractivity contribution in [1.29, 1.82) is 0 Å². The van der Waals surface area contributed by atoms with Gasteiger partial charge in [-0.15, -0.1) is 0 Å². The van der Waals surface area contributed by atoms with Gasteiger partial charge in [-0.2, -0.15) is 8.78 Å². The summed E-state index contributed by atoms with van der Waals surface area (Å²) >= 11 is 0. The molecule has 0 amide bonds. The van der Waals surface area contributed by atoms with Crippen molar-refractivity contribution in [1.82, 2.24) is 0 Å². The third-order valence-corrected chi connectivity index (χ3v) is 1.41. The van der Waals surface area contributed by atoms with Gasteiger partial charge in [-0.1, -0.05) is 0 Å². The van der Waals surface area contributed by atoms with E-state index in [-0.39, 0.29) is 7.43 Å². The number of aliphatic hydroxyl groups is 1. The van der Waals surface area contributed by atoms with Crippen LogP contribution in [0.4, 0.5) is 8.78 Å². The summed E-state index contributed by atoms with van der Waals surface area (Å²) in [6.45, 7) is -1.97. The first-order valence-corrected chi connectivity index (χ1v) is 3.16. The monoisotopic (exact) mass is 176 g/mol. The van der Waals surface area contributed by atoms with E-state index in [1.807, 2.05) is 0 Å². The van der Waals surface area contributed by atoms with E-state index in [0.29, 0.717) is 0 Å². The van der Waals surface area contributed by atoms with Crippen LogP contribution in [0.1, 0.15) is 0 Å². The third-order valence-electron chi connectivity index (χ3n) is 0.550. The minimum absolute atomic E-state index is 0.